The molecule has 2 atom stereocenters. The zero-order valence-corrected chi connectivity index (χ0v) is 16.0. The van der Waals surface area contributed by atoms with E-state index >= 15 is 0 Å². The van der Waals surface area contributed by atoms with Gasteiger partial charge >= 0.3 is 0 Å². The molecule has 1 fully saturated rings. The Kier molecular flexibility index (Phi) is 4.64. The van der Waals surface area contributed by atoms with E-state index in [2.05, 4.69) is 22.1 Å². The number of nitrogens with zero attached hydrogens (tertiary/aromatic N) is 3. The highest BCUT2D eigenvalue weighted by molar-refractivity contribution is 7.13. The molecular formula is C18H20N4O2S2. The molecule has 1 aliphatic heterocycles. The zero-order valence-electron chi connectivity index (χ0n) is 14.4. The minimum absolute atomic E-state index is 0.000209. The number of aromatic nitrogens is 3. The fourth-order valence-corrected chi connectivity index (χ4v) is 5.06. The molecule has 3 aromatic rings. The van der Waals surface area contributed by atoms with E-state index in [0.29, 0.717) is 24.9 Å². The Balaban J connectivity index is 1.53. The number of thiazole rings is 1. The maximum absolute atomic E-state index is 13.1. The van der Waals surface area contributed by atoms with Gasteiger partial charge in [0, 0.05) is 46.4 Å². The van der Waals surface area contributed by atoms with Gasteiger partial charge in [-0.15, -0.1) is 22.7 Å². The third-order valence-electron chi connectivity index (χ3n) is 5.05. The first-order chi connectivity index (χ1) is 12.6. The standard InChI is InChI=1S/C18H20N4O2S2/c1-2-14-6-18(24,16-10-25-11-19-16)3-4-22(14)17(23)12-5-15(26-9-12)13-7-20-21-8-13/h5,7-11,14,24H,2-4,6H2,1H3,(H,20,21). The average molecular weight is 389 g/mol. The fraction of sp³-hybridized carbons (Fsp3) is 0.389. The number of thiophene rings is 1. The van der Waals surface area contributed by atoms with E-state index in [1.165, 1.54) is 11.3 Å². The highest BCUT2D eigenvalue weighted by Crippen LogP contribution is 2.37. The number of rotatable bonds is 4. The summed E-state index contributed by atoms with van der Waals surface area (Å²) in [5.74, 6) is 0.0307. The number of likely N-dealkylation sites (tertiary alicyclic amines) is 1. The van der Waals surface area contributed by atoms with Crippen LogP contribution in [0, 0.1) is 0 Å². The van der Waals surface area contributed by atoms with Crippen LogP contribution in [0.5, 0.6) is 0 Å². The highest BCUT2D eigenvalue weighted by Gasteiger charge is 2.42. The van der Waals surface area contributed by atoms with Gasteiger partial charge < -0.3 is 10.0 Å². The molecule has 1 saturated heterocycles. The molecule has 1 aliphatic rings. The van der Waals surface area contributed by atoms with E-state index < -0.39 is 5.60 Å². The molecule has 1 amide bonds. The lowest BCUT2D eigenvalue weighted by Crippen LogP contribution is -2.51. The maximum atomic E-state index is 13.1. The van der Waals surface area contributed by atoms with Crippen molar-refractivity contribution in [2.45, 2.75) is 37.8 Å². The summed E-state index contributed by atoms with van der Waals surface area (Å²) < 4.78 is 0. The van der Waals surface area contributed by atoms with Gasteiger partial charge in [0.15, 0.2) is 0 Å². The lowest BCUT2D eigenvalue weighted by atomic mass is 9.83. The third kappa shape index (κ3) is 3.08. The SMILES string of the molecule is CCC1CC(O)(c2cscn2)CCN1C(=O)c1csc(-c2cn[nH]c2)c1. The summed E-state index contributed by atoms with van der Waals surface area (Å²) in [6.07, 6.45) is 5.42. The Morgan fingerprint density at radius 2 is 2.38 bits per heavy atom. The van der Waals surface area contributed by atoms with Gasteiger partial charge in [-0.2, -0.15) is 5.10 Å². The summed E-state index contributed by atoms with van der Waals surface area (Å²) in [5, 5.41) is 21.6. The van der Waals surface area contributed by atoms with E-state index in [4.69, 9.17) is 0 Å². The summed E-state index contributed by atoms with van der Waals surface area (Å²) in [4.78, 5) is 20.3. The number of aliphatic hydroxyl groups is 1. The van der Waals surface area contributed by atoms with Gasteiger partial charge in [0.05, 0.1) is 23.0 Å². The summed E-state index contributed by atoms with van der Waals surface area (Å²) in [6, 6.07) is 1.92. The van der Waals surface area contributed by atoms with Crippen molar-refractivity contribution in [3.8, 4) is 10.4 Å². The summed E-state index contributed by atoms with van der Waals surface area (Å²) in [5.41, 5.74) is 3.22. The topological polar surface area (TPSA) is 82.1 Å². The fourth-order valence-electron chi connectivity index (χ4n) is 3.55. The molecule has 0 radical (unpaired) electrons. The molecule has 2 unspecified atom stereocenters. The van der Waals surface area contributed by atoms with Crippen molar-refractivity contribution in [3.63, 3.8) is 0 Å². The summed E-state index contributed by atoms with van der Waals surface area (Å²) in [6.45, 7) is 2.59. The van der Waals surface area contributed by atoms with E-state index in [0.717, 1.165) is 22.6 Å². The molecular weight excluding hydrogens is 368 g/mol. The number of piperidine rings is 1. The predicted octanol–water partition coefficient (Wildman–Crippen LogP) is 3.50. The second kappa shape index (κ2) is 6.94. The van der Waals surface area contributed by atoms with E-state index in [1.807, 2.05) is 27.9 Å². The smallest absolute Gasteiger partial charge is 0.254 e. The van der Waals surface area contributed by atoms with Crippen LogP contribution in [0.3, 0.4) is 0 Å². The number of carbonyl (C=O) groups is 1. The van der Waals surface area contributed by atoms with Crippen molar-refractivity contribution < 1.29 is 9.90 Å². The molecule has 4 heterocycles. The predicted molar refractivity (Wildman–Crippen MR) is 102 cm³/mol. The monoisotopic (exact) mass is 388 g/mol. The first-order valence-electron chi connectivity index (χ1n) is 8.60. The van der Waals surface area contributed by atoms with Gasteiger partial charge in [-0.1, -0.05) is 6.92 Å². The number of carbonyl (C=O) groups excluding carboxylic acids is 1. The quantitative estimate of drug-likeness (QED) is 0.717. The van der Waals surface area contributed by atoms with Crippen LogP contribution < -0.4 is 0 Å². The number of hydrogen-bond donors (Lipinski definition) is 2. The van der Waals surface area contributed by atoms with E-state index in [9.17, 15) is 9.90 Å². The molecule has 0 aliphatic carbocycles. The molecule has 3 aromatic heterocycles. The van der Waals surface area contributed by atoms with Crippen molar-refractivity contribution in [2.75, 3.05) is 6.54 Å². The lowest BCUT2D eigenvalue weighted by molar-refractivity contribution is -0.0470. The third-order valence-corrected chi connectivity index (χ3v) is 6.62. The molecule has 0 bridgehead atoms. The highest BCUT2D eigenvalue weighted by atomic mass is 32.1. The van der Waals surface area contributed by atoms with Crippen LogP contribution in [-0.4, -0.2) is 43.7 Å². The van der Waals surface area contributed by atoms with Crippen LogP contribution in [0.25, 0.3) is 10.4 Å². The molecule has 26 heavy (non-hydrogen) atoms. The second-order valence-electron chi connectivity index (χ2n) is 6.61. The van der Waals surface area contributed by atoms with Gasteiger partial charge in [0.25, 0.3) is 5.91 Å². The van der Waals surface area contributed by atoms with Gasteiger partial charge in [0.2, 0.25) is 0 Å². The van der Waals surface area contributed by atoms with Crippen LogP contribution in [0.1, 0.15) is 42.2 Å². The summed E-state index contributed by atoms with van der Waals surface area (Å²) in [7, 11) is 0. The normalized spacial score (nSPS) is 23.3. The molecule has 0 aromatic carbocycles. The van der Waals surface area contributed by atoms with Crippen molar-refractivity contribution >= 4 is 28.6 Å². The minimum Gasteiger partial charge on any atom is -0.383 e. The Morgan fingerprint density at radius 3 is 3.08 bits per heavy atom. The molecule has 0 spiro atoms. The van der Waals surface area contributed by atoms with Gasteiger partial charge in [-0.05, 0) is 18.9 Å². The maximum Gasteiger partial charge on any atom is 0.254 e. The van der Waals surface area contributed by atoms with Crippen molar-refractivity contribution in [3.05, 3.63) is 46.0 Å². The first kappa shape index (κ1) is 17.4. The molecule has 136 valence electrons. The van der Waals surface area contributed by atoms with Crippen LogP contribution >= 0.6 is 22.7 Å². The molecule has 8 heteroatoms. The van der Waals surface area contributed by atoms with E-state index in [-0.39, 0.29) is 11.9 Å². The second-order valence-corrected chi connectivity index (χ2v) is 8.24. The van der Waals surface area contributed by atoms with Crippen molar-refractivity contribution in [1.82, 2.24) is 20.1 Å². The summed E-state index contributed by atoms with van der Waals surface area (Å²) >= 11 is 3.03. The molecule has 4 rings (SSSR count). The van der Waals surface area contributed by atoms with Crippen molar-refractivity contribution in [2.24, 2.45) is 0 Å². The molecule has 2 N–H and O–H groups in total. The minimum atomic E-state index is -0.936. The number of aromatic amines is 1. The van der Waals surface area contributed by atoms with Crippen LogP contribution in [0.15, 0.2) is 34.7 Å². The Hall–Kier alpha value is -2.03. The van der Waals surface area contributed by atoms with Crippen LogP contribution in [0.2, 0.25) is 0 Å². The Labute approximate surface area is 159 Å². The van der Waals surface area contributed by atoms with Gasteiger partial charge in [-0.3, -0.25) is 9.89 Å². The first-order valence-corrected chi connectivity index (χ1v) is 10.4. The Morgan fingerprint density at radius 1 is 1.50 bits per heavy atom. The number of amides is 1. The van der Waals surface area contributed by atoms with Crippen LogP contribution in [0.4, 0.5) is 0 Å². The van der Waals surface area contributed by atoms with Crippen molar-refractivity contribution in [1.29, 1.82) is 0 Å². The number of H-pyrrole nitrogens is 1. The van der Waals surface area contributed by atoms with Gasteiger partial charge in [-0.25, -0.2) is 4.98 Å². The largest absolute Gasteiger partial charge is 0.383 e. The zero-order chi connectivity index (χ0) is 18.1. The van der Waals surface area contributed by atoms with E-state index in [1.54, 1.807) is 23.0 Å². The number of hydrogen-bond acceptors (Lipinski definition) is 6. The van der Waals surface area contributed by atoms with Crippen LogP contribution in [-0.2, 0) is 5.60 Å². The Bertz CT molecular complexity index is 875. The molecule has 0 saturated carbocycles. The average Bonchev–Trinajstić information content (AvgIpc) is 3.42. The van der Waals surface area contributed by atoms with Gasteiger partial charge in [0.1, 0.15) is 5.60 Å². The number of nitrogens with one attached hydrogen (secondary N) is 1. The lowest BCUT2D eigenvalue weighted by Gasteiger charge is -2.43. The molecule has 6 nitrogen and oxygen atoms in total.